The Bertz CT molecular complexity index is 141. The van der Waals surface area contributed by atoms with Gasteiger partial charge in [0.2, 0.25) is 0 Å². The summed E-state index contributed by atoms with van der Waals surface area (Å²) in [5, 5.41) is 0. The zero-order valence-electron chi connectivity index (χ0n) is 8.96. The zero-order chi connectivity index (χ0) is 9.26. The Morgan fingerprint density at radius 2 is 1.31 bits per heavy atom. The van der Waals surface area contributed by atoms with Crippen LogP contribution in [0.4, 0.5) is 0 Å². The third kappa shape index (κ3) is 2.46. The van der Waals surface area contributed by atoms with E-state index in [9.17, 15) is 0 Å². The Hall–Kier alpha value is -0.0400. The number of hydrogen-bond donors (Lipinski definition) is 0. The van der Waals surface area contributed by atoms with Crippen LogP contribution in [0.5, 0.6) is 0 Å². The van der Waals surface area contributed by atoms with E-state index in [1.807, 2.05) is 0 Å². The molecule has 2 aliphatic rings. The maximum Gasteiger partial charge on any atom is 0.0604 e. The molecule has 0 aromatic rings. The number of rotatable bonds is 6. The number of hydrogen-bond acceptors (Lipinski definition) is 1. The van der Waals surface area contributed by atoms with Crippen molar-refractivity contribution < 1.29 is 4.74 Å². The van der Waals surface area contributed by atoms with E-state index in [2.05, 4.69) is 13.8 Å². The van der Waals surface area contributed by atoms with E-state index in [4.69, 9.17) is 4.74 Å². The molecule has 13 heavy (non-hydrogen) atoms. The van der Waals surface area contributed by atoms with Crippen LogP contribution in [-0.4, -0.2) is 12.2 Å². The highest BCUT2D eigenvalue weighted by Gasteiger charge is 2.36. The molecule has 0 N–H and O–H groups in total. The SMILES string of the molecule is CCC(OC(CC)C1CC1)C1CC1. The molecule has 0 amide bonds. The first-order valence-corrected chi connectivity index (χ1v) is 6.00. The summed E-state index contributed by atoms with van der Waals surface area (Å²) in [7, 11) is 0. The van der Waals surface area contributed by atoms with Gasteiger partial charge < -0.3 is 4.74 Å². The van der Waals surface area contributed by atoms with Crippen molar-refractivity contribution in [2.24, 2.45) is 11.8 Å². The van der Waals surface area contributed by atoms with Crippen molar-refractivity contribution in [3.63, 3.8) is 0 Å². The molecule has 76 valence electrons. The first-order valence-electron chi connectivity index (χ1n) is 6.00. The van der Waals surface area contributed by atoms with Crippen molar-refractivity contribution in [2.75, 3.05) is 0 Å². The van der Waals surface area contributed by atoms with E-state index in [1.165, 1.54) is 38.5 Å². The van der Waals surface area contributed by atoms with E-state index in [1.54, 1.807) is 0 Å². The molecular formula is C12H22O. The molecule has 2 aliphatic carbocycles. The predicted molar refractivity (Wildman–Crippen MR) is 54.7 cm³/mol. The van der Waals surface area contributed by atoms with E-state index in [0.717, 1.165) is 11.8 Å². The first-order chi connectivity index (χ1) is 6.35. The van der Waals surface area contributed by atoms with Crippen LogP contribution in [-0.2, 0) is 4.74 Å². The van der Waals surface area contributed by atoms with Crippen LogP contribution in [0.3, 0.4) is 0 Å². The van der Waals surface area contributed by atoms with Gasteiger partial charge in [0.05, 0.1) is 12.2 Å². The Kier molecular flexibility index (Phi) is 2.92. The minimum Gasteiger partial charge on any atom is -0.374 e. The molecule has 0 aromatic heterocycles. The highest BCUT2D eigenvalue weighted by Crippen LogP contribution is 2.41. The fourth-order valence-corrected chi connectivity index (χ4v) is 2.24. The standard InChI is InChI=1S/C12H22O/c1-3-11(9-5-6-9)13-12(4-2)10-7-8-10/h9-12H,3-8H2,1-2H3. The maximum absolute atomic E-state index is 6.20. The summed E-state index contributed by atoms with van der Waals surface area (Å²) in [6.07, 6.45) is 9.27. The van der Waals surface area contributed by atoms with Crippen molar-refractivity contribution in [3.8, 4) is 0 Å². The lowest BCUT2D eigenvalue weighted by molar-refractivity contribution is -0.0377. The molecule has 1 nitrogen and oxygen atoms in total. The Morgan fingerprint density at radius 1 is 0.923 bits per heavy atom. The monoisotopic (exact) mass is 182 g/mol. The van der Waals surface area contributed by atoms with Gasteiger partial charge in [-0.2, -0.15) is 0 Å². The third-order valence-electron chi connectivity index (χ3n) is 3.45. The van der Waals surface area contributed by atoms with Crippen LogP contribution in [0.25, 0.3) is 0 Å². The van der Waals surface area contributed by atoms with E-state index < -0.39 is 0 Å². The van der Waals surface area contributed by atoms with Gasteiger partial charge in [-0.25, -0.2) is 0 Å². The molecule has 2 rings (SSSR count). The van der Waals surface area contributed by atoms with Crippen LogP contribution >= 0.6 is 0 Å². The third-order valence-corrected chi connectivity index (χ3v) is 3.45. The second-order valence-corrected chi connectivity index (χ2v) is 4.70. The lowest BCUT2D eigenvalue weighted by Gasteiger charge is -2.23. The second-order valence-electron chi connectivity index (χ2n) is 4.70. The van der Waals surface area contributed by atoms with Gasteiger partial charge in [0, 0.05) is 0 Å². The summed E-state index contributed by atoms with van der Waals surface area (Å²) in [4.78, 5) is 0. The summed E-state index contributed by atoms with van der Waals surface area (Å²) >= 11 is 0. The van der Waals surface area contributed by atoms with E-state index in [0.29, 0.717) is 12.2 Å². The average molecular weight is 182 g/mol. The van der Waals surface area contributed by atoms with Crippen LogP contribution in [0.1, 0.15) is 52.4 Å². The summed E-state index contributed by atoms with van der Waals surface area (Å²) in [5.74, 6) is 1.83. The predicted octanol–water partition coefficient (Wildman–Crippen LogP) is 3.38. The Morgan fingerprint density at radius 3 is 1.54 bits per heavy atom. The first kappa shape index (κ1) is 9.51. The van der Waals surface area contributed by atoms with Crippen LogP contribution in [0, 0.1) is 11.8 Å². The minimum atomic E-state index is 0.588. The largest absolute Gasteiger partial charge is 0.374 e. The van der Waals surface area contributed by atoms with Gasteiger partial charge in [0.1, 0.15) is 0 Å². The van der Waals surface area contributed by atoms with Gasteiger partial charge in [-0.1, -0.05) is 13.8 Å². The minimum absolute atomic E-state index is 0.588. The van der Waals surface area contributed by atoms with Gasteiger partial charge in [-0.3, -0.25) is 0 Å². The van der Waals surface area contributed by atoms with Gasteiger partial charge in [0.15, 0.2) is 0 Å². The van der Waals surface area contributed by atoms with Crippen molar-refractivity contribution in [3.05, 3.63) is 0 Å². The molecule has 0 radical (unpaired) electrons. The molecule has 2 atom stereocenters. The highest BCUT2D eigenvalue weighted by molar-refractivity contribution is 4.86. The van der Waals surface area contributed by atoms with E-state index >= 15 is 0 Å². The maximum atomic E-state index is 6.20. The molecule has 0 aliphatic heterocycles. The normalized spacial score (nSPS) is 27.2. The van der Waals surface area contributed by atoms with Crippen molar-refractivity contribution >= 4 is 0 Å². The Labute approximate surface area is 81.9 Å². The summed E-state index contributed by atoms with van der Waals surface area (Å²) in [6.45, 7) is 4.53. The fraction of sp³-hybridized carbons (Fsp3) is 1.00. The lowest BCUT2D eigenvalue weighted by Crippen LogP contribution is -2.24. The molecule has 0 aromatic carbocycles. The molecule has 2 fully saturated rings. The van der Waals surface area contributed by atoms with Gasteiger partial charge in [0.25, 0.3) is 0 Å². The second kappa shape index (κ2) is 4.00. The number of ether oxygens (including phenoxy) is 1. The van der Waals surface area contributed by atoms with Crippen LogP contribution in [0.2, 0.25) is 0 Å². The van der Waals surface area contributed by atoms with Crippen molar-refractivity contribution in [1.29, 1.82) is 0 Å². The summed E-state index contributed by atoms with van der Waals surface area (Å²) in [5.41, 5.74) is 0. The zero-order valence-corrected chi connectivity index (χ0v) is 8.96. The van der Waals surface area contributed by atoms with Gasteiger partial charge >= 0.3 is 0 Å². The molecule has 1 heteroatoms. The smallest absolute Gasteiger partial charge is 0.0604 e. The van der Waals surface area contributed by atoms with E-state index in [-0.39, 0.29) is 0 Å². The van der Waals surface area contributed by atoms with Gasteiger partial charge in [-0.05, 0) is 50.4 Å². The molecule has 0 saturated heterocycles. The lowest BCUT2D eigenvalue weighted by atomic mass is 10.1. The summed E-state index contributed by atoms with van der Waals surface area (Å²) < 4.78 is 6.20. The fourth-order valence-electron chi connectivity index (χ4n) is 2.24. The Balaban J connectivity index is 1.78. The molecule has 2 saturated carbocycles. The average Bonchev–Trinajstić information content (AvgIpc) is 2.99. The topological polar surface area (TPSA) is 9.23 Å². The van der Waals surface area contributed by atoms with Crippen molar-refractivity contribution in [1.82, 2.24) is 0 Å². The van der Waals surface area contributed by atoms with Crippen molar-refractivity contribution in [2.45, 2.75) is 64.6 Å². The van der Waals surface area contributed by atoms with Crippen LogP contribution in [0.15, 0.2) is 0 Å². The molecule has 0 heterocycles. The van der Waals surface area contributed by atoms with Gasteiger partial charge in [-0.15, -0.1) is 0 Å². The highest BCUT2D eigenvalue weighted by atomic mass is 16.5. The van der Waals surface area contributed by atoms with Crippen LogP contribution < -0.4 is 0 Å². The molecule has 0 spiro atoms. The summed E-state index contributed by atoms with van der Waals surface area (Å²) in [6, 6.07) is 0. The molecular weight excluding hydrogens is 160 g/mol. The molecule has 2 unspecified atom stereocenters. The molecule has 0 bridgehead atoms. The quantitative estimate of drug-likeness (QED) is 0.612.